The van der Waals surface area contributed by atoms with Gasteiger partial charge in [0.15, 0.2) is 0 Å². The molecule has 1 amide bonds. The van der Waals surface area contributed by atoms with Gasteiger partial charge in [-0.05, 0) is 45.1 Å². The highest BCUT2D eigenvalue weighted by molar-refractivity contribution is 5.79. The van der Waals surface area contributed by atoms with Gasteiger partial charge in [-0.1, -0.05) is 30.3 Å². The maximum Gasteiger partial charge on any atom is 0.254 e. The van der Waals surface area contributed by atoms with E-state index >= 15 is 0 Å². The summed E-state index contributed by atoms with van der Waals surface area (Å²) < 4.78 is 0. The Bertz CT molecular complexity index is 798. The molecule has 0 saturated carbocycles. The van der Waals surface area contributed by atoms with E-state index in [0.717, 1.165) is 32.2 Å². The van der Waals surface area contributed by atoms with E-state index in [-0.39, 0.29) is 23.9 Å². The van der Waals surface area contributed by atoms with Gasteiger partial charge in [0.05, 0.1) is 6.42 Å². The van der Waals surface area contributed by atoms with Crippen molar-refractivity contribution in [3.8, 4) is 0 Å². The molecular formula is C20H25N3O2. The van der Waals surface area contributed by atoms with Gasteiger partial charge in [-0.3, -0.25) is 9.59 Å². The van der Waals surface area contributed by atoms with Crippen molar-refractivity contribution in [2.45, 2.75) is 52.0 Å². The zero-order valence-electron chi connectivity index (χ0n) is 14.9. The van der Waals surface area contributed by atoms with Crippen LogP contribution in [-0.2, 0) is 17.6 Å². The normalized spacial score (nSPS) is 17.0. The summed E-state index contributed by atoms with van der Waals surface area (Å²) in [7, 11) is 0. The first-order valence-corrected chi connectivity index (χ1v) is 8.94. The van der Waals surface area contributed by atoms with Crippen LogP contribution in [0, 0.1) is 13.8 Å². The van der Waals surface area contributed by atoms with Crippen molar-refractivity contribution in [3.63, 3.8) is 0 Å². The number of hydrogen-bond acceptors (Lipinski definition) is 3. The molecule has 1 atom stereocenters. The Balaban J connectivity index is 1.66. The van der Waals surface area contributed by atoms with Crippen molar-refractivity contribution >= 4 is 5.91 Å². The lowest BCUT2D eigenvalue weighted by Gasteiger charge is -2.25. The number of aromatic amines is 1. The maximum atomic E-state index is 12.8. The van der Waals surface area contributed by atoms with Crippen molar-refractivity contribution < 1.29 is 4.79 Å². The minimum atomic E-state index is -0.196. The van der Waals surface area contributed by atoms with Crippen LogP contribution < -0.4 is 5.56 Å². The molecule has 25 heavy (non-hydrogen) atoms. The Morgan fingerprint density at radius 1 is 1.28 bits per heavy atom. The van der Waals surface area contributed by atoms with Crippen molar-refractivity contribution in [3.05, 3.63) is 63.3 Å². The Morgan fingerprint density at radius 2 is 2.04 bits per heavy atom. The average Bonchev–Trinajstić information content (AvgIpc) is 3.05. The lowest BCUT2D eigenvalue weighted by atomic mass is 10.0. The Hall–Kier alpha value is -2.43. The molecule has 0 aliphatic carbocycles. The average molecular weight is 339 g/mol. The second kappa shape index (κ2) is 7.64. The molecule has 3 rings (SSSR count). The lowest BCUT2D eigenvalue weighted by molar-refractivity contribution is -0.131. The third kappa shape index (κ3) is 4.16. The first kappa shape index (κ1) is 17.4. The summed E-state index contributed by atoms with van der Waals surface area (Å²) in [6.45, 7) is 4.33. The number of carbonyl (C=O) groups excluding carboxylic acids is 1. The Labute approximate surface area is 148 Å². The summed E-state index contributed by atoms with van der Waals surface area (Å²) in [5.41, 5.74) is 2.24. The molecule has 0 spiro atoms. The number of nitrogens with one attached hydrogen (secondary N) is 1. The first-order valence-electron chi connectivity index (χ1n) is 8.94. The van der Waals surface area contributed by atoms with Crippen LogP contribution in [0.2, 0.25) is 0 Å². The van der Waals surface area contributed by atoms with E-state index in [2.05, 4.69) is 22.1 Å². The fraction of sp³-hybridized carbons (Fsp3) is 0.450. The second-order valence-corrected chi connectivity index (χ2v) is 6.80. The molecule has 5 heteroatoms. The first-order chi connectivity index (χ1) is 12.0. The van der Waals surface area contributed by atoms with Gasteiger partial charge in [-0.25, -0.2) is 4.98 Å². The van der Waals surface area contributed by atoms with Crippen LogP contribution >= 0.6 is 0 Å². The molecule has 132 valence electrons. The molecule has 1 aromatic heterocycles. The van der Waals surface area contributed by atoms with E-state index in [1.807, 2.05) is 23.1 Å². The van der Waals surface area contributed by atoms with Crippen LogP contribution in [0.1, 0.15) is 41.9 Å². The molecule has 1 aliphatic rings. The predicted molar refractivity (Wildman–Crippen MR) is 97.5 cm³/mol. The largest absolute Gasteiger partial charge is 0.339 e. The summed E-state index contributed by atoms with van der Waals surface area (Å²) in [6.07, 6.45) is 4.15. The number of hydrogen-bond donors (Lipinski definition) is 1. The zero-order chi connectivity index (χ0) is 17.8. The monoisotopic (exact) mass is 339 g/mol. The summed E-state index contributed by atoms with van der Waals surface area (Å²) in [5.74, 6) is 0.621. The highest BCUT2D eigenvalue weighted by atomic mass is 16.2. The van der Waals surface area contributed by atoms with Gasteiger partial charge in [0.1, 0.15) is 5.82 Å². The third-order valence-electron chi connectivity index (χ3n) is 4.98. The van der Waals surface area contributed by atoms with Crippen LogP contribution in [0.5, 0.6) is 0 Å². The minimum absolute atomic E-state index is 0.0369. The smallest absolute Gasteiger partial charge is 0.254 e. The van der Waals surface area contributed by atoms with Crippen molar-refractivity contribution in [2.24, 2.45) is 0 Å². The number of aryl methyl sites for hydroxylation is 3. The topological polar surface area (TPSA) is 66.1 Å². The molecule has 2 heterocycles. The quantitative estimate of drug-likeness (QED) is 0.910. The molecule has 0 radical (unpaired) electrons. The Morgan fingerprint density at radius 3 is 2.76 bits per heavy atom. The fourth-order valence-corrected chi connectivity index (χ4v) is 3.65. The maximum absolute atomic E-state index is 12.8. The van der Waals surface area contributed by atoms with Crippen molar-refractivity contribution in [1.29, 1.82) is 0 Å². The van der Waals surface area contributed by atoms with Gasteiger partial charge in [0, 0.05) is 23.8 Å². The van der Waals surface area contributed by atoms with Crippen LogP contribution in [-0.4, -0.2) is 33.4 Å². The molecule has 1 aliphatic heterocycles. The third-order valence-corrected chi connectivity index (χ3v) is 4.98. The Kier molecular flexibility index (Phi) is 5.31. The van der Waals surface area contributed by atoms with Gasteiger partial charge < -0.3 is 9.88 Å². The molecule has 1 aromatic carbocycles. The number of carbonyl (C=O) groups is 1. The summed E-state index contributed by atoms with van der Waals surface area (Å²) in [4.78, 5) is 33.8. The number of amides is 1. The number of aromatic nitrogens is 2. The van der Waals surface area contributed by atoms with Crippen LogP contribution in [0.25, 0.3) is 0 Å². The predicted octanol–water partition coefficient (Wildman–Crippen LogP) is 2.55. The summed E-state index contributed by atoms with van der Waals surface area (Å²) in [5, 5.41) is 0. The highest BCUT2D eigenvalue weighted by Gasteiger charge is 2.29. The molecule has 1 saturated heterocycles. The summed E-state index contributed by atoms with van der Waals surface area (Å²) in [6, 6.07) is 10.6. The number of likely N-dealkylation sites (tertiary alicyclic amines) is 1. The van der Waals surface area contributed by atoms with Gasteiger partial charge >= 0.3 is 0 Å². The number of nitrogens with zero attached hydrogens (tertiary/aromatic N) is 2. The van der Waals surface area contributed by atoms with E-state index < -0.39 is 0 Å². The second-order valence-electron chi connectivity index (χ2n) is 6.80. The van der Waals surface area contributed by atoms with E-state index in [1.165, 1.54) is 5.56 Å². The fourth-order valence-electron chi connectivity index (χ4n) is 3.65. The van der Waals surface area contributed by atoms with E-state index in [0.29, 0.717) is 17.1 Å². The molecule has 1 N–H and O–H groups in total. The van der Waals surface area contributed by atoms with Crippen LogP contribution in [0.15, 0.2) is 35.1 Å². The van der Waals surface area contributed by atoms with Gasteiger partial charge in [0.2, 0.25) is 5.91 Å². The minimum Gasteiger partial charge on any atom is -0.339 e. The molecular weight excluding hydrogens is 314 g/mol. The SMILES string of the molecule is Cc1nc(C)c(CC(=O)N2CCC[C@@H]2CCc2ccccc2)c(=O)[nH]1. The standard InChI is InChI=1S/C20H25N3O2/c1-14-18(20(25)22-15(2)21-14)13-19(24)23-12-6-9-17(23)11-10-16-7-4-3-5-8-16/h3-5,7-8,17H,6,9-13H2,1-2H3,(H,21,22,25)/t17-/m1/s1. The van der Waals surface area contributed by atoms with E-state index in [1.54, 1.807) is 13.8 Å². The summed E-state index contributed by atoms with van der Waals surface area (Å²) >= 11 is 0. The zero-order valence-corrected chi connectivity index (χ0v) is 14.9. The van der Waals surface area contributed by atoms with Crippen molar-refractivity contribution in [1.82, 2.24) is 14.9 Å². The molecule has 0 bridgehead atoms. The lowest BCUT2D eigenvalue weighted by Crippen LogP contribution is -2.38. The van der Waals surface area contributed by atoms with Crippen molar-refractivity contribution in [2.75, 3.05) is 6.54 Å². The number of H-pyrrole nitrogens is 1. The van der Waals surface area contributed by atoms with Gasteiger partial charge in [-0.15, -0.1) is 0 Å². The van der Waals surface area contributed by atoms with Gasteiger partial charge in [0.25, 0.3) is 5.56 Å². The van der Waals surface area contributed by atoms with Crippen LogP contribution in [0.4, 0.5) is 0 Å². The molecule has 0 unspecified atom stereocenters. The van der Waals surface area contributed by atoms with E-state index in [9.17, 15) is 9.59 Å². The van der Waals surface area contributed by atoms with Gasteiger partial charge in [-0.2, -0.15) is 0 Å². The molecule has 2 aromatic rings. The molecule has 5 nitrogen and oxygen atoms in total. The number of rotatable bonds is 5. The van der Waals surface area contributed by atoms with E-state index in [4.69, 9.17) is 0 Å². The van der Waals surface area contributed by atoms with Crippen LogP contribution in [0.3, 0.4) is 0 Å². The highest BCUT2D eigenvalue weighted by Crippen LogP contribution is 2.23. The number of benzene rings is 1. The molecule has 1 fully saturated rings.